The largest absolute Gasteiger partial charge is 0.466 e. The van der Waals surface area contributed by atoms with Crippen LogP contribution in [0.2, 0.25) is 0 Å². The van der Waals surface area contributed by atoms with Gasteiger partial charge in [-0.2, -0.15) is 0 Å². The standard InChI is InChI=1S/C20H40O2.C4H10O3/c1-3-5-7-8-9-10-11-12-13-14-15-16-17-18-20(21)22-19-6-4-2;5-1-3-7-4-2-6/h3-19H2,1-2H3;5-6H,1-4H2. The number of aliphatic hydroxyl groups is 2. The van der Waals surface area contributed by atoms with Gasteiger partial charge in [-0.25, -0.2) is 0 Å². The van der Waals surface area contributed by atoms with Gasteiger partial charge in [-0.1, -0.05) is 97.3 Å². The number of rotatable bonds is 21. The molecular weight excluding hydrogens is 368 g/mol. The third-order valence-electron chi connectivity index (χ3n) is 4.72. The average Bonchev–Trinajstić information content (AvgIpc) is 2.72. The van der Waals surface area contributed by atoms with Crippen molar-refractivity contribution in [2.45, 2.75) is 117 Å². The van der Waals surface area contributed by atoms with Crippen molar-refractivity contribution >= 4 is 5.97 Å². The number of unbranched alkanes of at least 4 members (excludes halogenated alkanes) is 13. The lowest BCUT2D eigenvalue weighted by Crippen LogP contribution is -2.05. The first kappa shape index (κ1) is 30.5. The topological polar surface area (TPSA) is 76.0 Å². The van der Waals surface area contributed by atoms with Crippen LogP contribution in [0.4, 0.5) is 0 Å². The summed E-state index contributed by atoms with van der Waals surface area (Å²) in [4.78, 5) is 11.4. The van der Waals surface area contributed by atoms with E-state index in [4.69, 9.17) is 14.9 Å². The maximum absolute atomic E-state index is 11.4. The van der Waals surface area contributed by atoms with E-state index in [1.165, 1.54) is 77.0 Å². The van der Waals surface area contributed by atoms with Gasteiger partial charge in [-0.05, 0) is 12.8 Å². The van der Waals surface area contributed by atoms with Gasteiger partial charge in [0.2, 0.25) is 0 Å². The molecule has 0 aromatic heterocycles. The number of hydrogen-bond donors (Lipinski definition) is 2. The van der Waals surface area contributed by atoms with Crippen LogP contribution in [0.1, 0.15) is 117 Å². The first-order chi connectivity index (χ1) is 14.2. The van der Waals surface area contributed by atoms with E-state index in [1.807, 2.05) is 0 Å². The number of carbonyl (C=O) groups excluding carboxylic acids is 1. The van der Waals surface area contributed by atoms with Gasteiger partial charge in [-0.15, -0.1) is 0 Å². The van der Waals surface area contributed by atoms with Crippen LogP contribution in [0, 0.1) is 0 Å². The molecule has 0 spiro atoms. The van der Waals surface area contributed by atoms with Crippen molar-refractivity contribution in [3.8, 4) is 0 Å². The molecule has 0 aromatic rings. The average molecular weight is 419 g/mol. The van der Waals surface area contributed by atoms with Crippen molar-refractivity contribution in [2.24, 2.45) is 0 Å². The number of carbonyl (C=O) groups is 1. The minimum Gasteiger partial charge on any atom is -0.466 e. The quantitative estimate of drug-likeness (QED) is 0.182. The number of aliphatic hydroxyl groups excluding tert-OH is 2. The molecule has 0 radical (unpaired) electrons. The van der Waals surface area contributed by atoms with Crippen LogP contribution in [0.15, 0.2) is 0 Å². The molecule has 0 saturated carbocycles. The van der Waals surface area contributed by atoms with Gasteiger partial charge in [0.25, 0.3) is 0 Å². The van der Waals surface area contributed by atoms with Crippen molar-refractivity contribution in [1.82, 2.24) is 0 Å². The predicted molar refractivity (Wildman–Crippen MR) is 121 cm³/mol. The smallest absolute Gasteiger partial charge is 0.305 e. The Bertz CT molecular complexity index is 293. The van der Waals surface area contributed by atoms with E-state index < -0.39 is 0 Å². The predicted octanol–water partition coefficient (Wildman–Crippen LogP) is 5.80. The molecule has 176 valence electrons. The molecule has 0 aliphatic carbocycles. The summed E-state index contributed by atoms with van der Waals surface area (Å²) in [5, 5.41) is 16.2. The van der Waals surface area contributed by atoms with Gasteiger partial charge < -0.3 is 19.7 Å². The fraction of sp³-hybridized carbons (Fsp3) is 0.958. The van der Waals surface area contributed by atoms with Crippen LogP contribution in [-0.2, 0) is 14.3 Å². The zero-order valence-corrected chi connectivity index (χ0v) is 19.5. The van der Waals surface area contributed by atoms with Crippen LogP contribution < -0.4 is 0 Å². The molecule has 2 N–H and O–H groups in total. The van der Waals surface area contributed by atoms with E-state index in [0.29, 0.717) is 26.2 Å². The van der Waals surface area contributed by atoms with E-state index in [1.54, 1.807) is 0 Å². The van der Waals surface area contributed by atoms with Gasteiger partial charge in [-0.3, -0.25) is 4.79 Å². The molecule has 0 aromatic carbocycles. The molecule has 0 fully saturated rings. The lowest BCUT2D eigenvalue weighted by atomic mass is 10.0. The van der Waals surface area contributed by atoms with Crippen molar-refractivity contribution < 1.29 is 24.5 Å². The minimum atomic E-state index is -0.00322. The van der Waals surface area contributed by atoms with E-state index in [9.17, 15) is 4.79 Å². The summed E-state index contributed by atoms with van der Waals surface area (Å²) in [6.45, 7) is 5.69. The summed E-state index contributed by atoms with van der Waals surface area (Å²) in [7, 11) is 0. The summed E-state index contributed by atoms with van der Waals surface area (Å²) < 4.78 is 9.78. The summed E-state index contributed by atoms with van der Waals surface area (Å²) in [6, 6.07) is 0. The summed E-state index contributed by atoms with van der Waals surface area (Å²) in [5.74, 6) is -0.00322. The Hall–Kier alpha value is -0.650. The fourth-order valence-corrected chi connectivity index (χ4v) is 2.92. The molecule has 29 heavy (non-hydrogen) atoms. The van der Waals surface area contributed by atoms with Crippen LogP contribution in [0.25, 0.3) is 0 Å². The second-order valence-electron chi connectivity index (χ2n) is 7.63. The summed E-state index contributed by atoms with van der Waals surface area (Å²) >= 11 is 0. The summed E-state index contributed by atoms with van der Waals surface area (Å²) in [6.07, 6.45) is 20.1. The Labute approximate surface area is 180 Å². The Balaban J connectivity index is 0. The number of ether oxygens (including phenoxy) is 2. The monoisotopic (exact) mass is 418 g/mol. The van der Waals surface area contributed by atoms with Gasteiger partial charge in [0.05, 0.1) is 33.0 Å². The minimum absolute atomic E-state index is 0.00322. The van der Waals surface area contributed by atoms with Gasteiger partial charge >= 0.3 is 5.97 Å². The molecule has 0 heterocycles. The molecule has 0 aliphatic rings. The molecule has 0 unspecified atom stereocenters. The van der Waals surface area contributed by atoms with Gasteiger partial charge in [0.1, 0.15) is 0 Å². The Morgan fingerprint density at radius 1 is 0.586 bits per heavy atom. The SMILES string of the molecule is CCCCCCCCCCCCCCCC(=O)OCCCC.OCCOCCO. The normalized spacial score (nSPS) is 10.5. The van der Waals surface area contributed by atoms with E-state index >= 15 is 0 Å². The lowest BCUT2D eigenvalue weighted by Gasteiger charge is -2.04. The molecule has 0 rings (SSSR count). The van der Waals surface area contributed by atoms with Crippen LogP contribution in [0.5, 0.6) is 0 Å². The van der Waals surface area contributed by atoms with Crippen molar-refractivity contribution in [3.05, 3.63) is 0 Å². The van der Waals surface area contributed by atoms with E-state index in [2.05, 4.69) is 18.6 Å². The first-order valence-corrected chi connectivity index (χ1v) is 12.2. The van der Waals surface area contributed by atoms with Crippen LogP contribution >= 0.6 is 0 Å². The maximum Gasteiger partial charge on any atom is 0.305 e. The third-order valence-corrected chi connectivity index (χ3v) is 4.72. The lowest BCUT2D eigenvalue weighted by molar-refractivity contribution is -0.143. The fourth-order valence-electron chi connectivity index (χ4n) is 2.92. The third kappa shape index (κ3) is 32.2. The van der Waals surface area contributed by atoms with Crippen molar-refractivity contribution in [1.29, 1.82) is 0 Å². The second-order valence-corrected chi connectivity index (χ2v) is 7.63. The highest BCUT2D eigenvalue weighted by molar-refractivity contribution is 5.69. The van der Waals surface area contributed by atoms with Gasteiger partial charge in [0, 0.05) is 6.42 Å². The molecule has 0 amide bonds. The molecule has 5 heteroatoms. The van der Waals surface area contributed by atoms with Crippen molar-refractivity contribution in [3.63, 3.8) is 0 Å². The zero-order chi connectivity index (χ0) is 21.8. The summed E-state index contributed by atoms with van der Waals surface area (Å²) in [5.41, 5.74) is 0. The van der Waals surface area contributed by atoms with Gasteiger partial charge in [0.15, 0.2) is 0 Å². The molecule has 5 nitrogen and oxygen atoms in total. The molecule has 0 bridgehead atoms. The van der Waals surface area contributed by atoms with Crippen molar-refractivity contribution in [2.75, 3.05) is 33.0 Å². The molecule has 0 aliphatic heterocycles. The highest BCUT2D eigenvalue weighted by Gasteiger charge is 2.01. The maximum atomic E-state index is 11.4. The zero-order valence-electron chi connectivity index (χ0n) is 19.5. The Kier molecular flexibility index (Phi) is 31.1. The highest BCUT2D eigenvalue weighted by atomic mass is 16.5. The van der Waals surface area contributed by atoms with Crippen LogP contribution in [-0.4, -0.2) is 49.2 Å². The number of hydrogen-bond acceptors (Lipinski definition) is 5. The van der Waals surface area contributed by atoms with Crippen LogP contribution in [0.3, 0.4) is 0 Å². The molecule has 0 saturated heterocycles. The van der Waals surface area contributed by atoms with E-state index in [0.717, 1.165) is 19.3 Å². The first-order valence-electron chi connectivity index (χ1n) is 12.2. The second kappa shape index (κ2) is 29.6. The molecule has 0 atom stereocenters. The Morgan fingerprint density at radius 2 is 1.00 bits per heavy atom. The molecular formula is C24H50O5. The highest BCUT2D eigenvalue weighted by Crippen LogP contribution is 2.13. The number of esters is 1. The Morgan fingerprint density at radius 3 is 1.41 bits per heavy atom. The van der Waals surface area contributed by atoms with E-state index in [-0.39, 0.29) is 19.2 Å².